The zero-order valence-electron chi connectivity index (χ0n) is 10.3. The van der Waals surface area contributed by atoms with Crippen molar-refractivity contribution in [3.8, 4) is 5.75 Å². The molecule has 92 valence electrons. The molecule has 2 aromatic rings. The third-order valence-corrected chi connectivity index (χ3v) is 3.94. The molecule has 1 heterocycles. The molecule has 0 atom stereocenters. The van der Waals surface area contributed by atoms with Gasteiger partial charge in [0.2, 0.25) is 0 Å². The fraction of sp³-hybridized carbons (Fsp3) is 0.500. The van der Waals surface area contributed by atoms with Crippen molar-refractivity contribution in [3.63, 3.8) is 0 Å². The molecule has 0 spiro atoms. The lowest BCUT2D eigenvalue weighted by atomic mass is 10.1. The van der Waals surface area contributed by atoms with E-state index in [2.05, 4.69) is 28.7 Å². The number of rotatable bonds is 5. The normalized spacial score (nSPS) is 11.0. The summed E-state index contributed by atoms with van der Waals surface area (Å²) in [4.78, 5) is 1.19. The Morgan fingerprint density at radius 3 is 2.65 bits per heavy atom. The van der Waals surface area contributed by atoms with E-state index >= 15 is 0 Å². The molecule has 0 saturated heterocycles. The van der Waals surface area contributed by atoms with Crippen molar-refractivity contribution >= 4 is 34.5 Å². The lowest BCUT2D eigenvalue weighted by molar-refractivity contribution is 0.336. The van der Waals surface area contributed by atoms with Gasteiger partial charge in [0.1, 0.15) is 11.0 Å². The first-order valence-electron chi connectivity index (χ1n) is 5.85. The van der Waals surface area contributed by atoms with Gasteiger partial charge in [-0.1, -0.05) is 13.8 Å². The number of ether oxygens (including phenoxy) is 1. The summed E-state index contributed by atoms with van der Waals surface area (Å²) in [5, 5.41) is 0. The van der Waals surface area contributed by atoms with E-state index in [1.54, 1.807) is 11.8 Å². The summed E-state index contributed by atoms with van der Waals surface area (Å²) in [5.41, 5.74) is 3.18. The largest absolute Gasteiger partial charge is 0.490 e. The van der Waals surface area contributed by atoms with Gasteiger partial charge in [0, 0.05) is 0 Å². The van der Waals surface area contributed by atoms with Crippen LogP contribution in [0.1, 0.15) is 26.3 Å². The predicted molar refractivity (Wildman–Crippen MR) is 74.4 cm³/mol. The maximum atomic E-state index is 5.74. The summed E-state index contributed by atoms with van der Waals surface area (Å²) >= 11 is 3.06. The summed E-state index contributed by atoms with van der Waals surface area (Å²) in [6.45, 7) is 6.96. The highest BCUT2D eigenvalue weighted by Crippen LogP contribution is 2.37. The van der Waals surface area contributed by atoms with Crippen LogP contribution in [-0.2, 0) is 6.42 Å². The number of hydrogen-bond donors (Lipinski definition) is 0. The first kappa shape index (κ1) is 12.6. The monoisotopic (exact) mass is 268 g/mol. The van der Waals surface area contributed by atoms with Crippen LogP contribution in [0, 0.1) is 0 Å². The average Bonchev–Trinajstić information content (AvgIpc) is 2.81. The van der Waals surface area contributed by atoms with Gasteiger partial charge in [0.25, 0.3) is 0 Å². The van der Waals surface area contributed by atoms with Crippen molar-refractivity contribution in [3.05, 3.63) is 11.6 Å². The Hall–Kier alpha value is -0.810. The topological polar surface area (TPSA) is 35.0 Å². The molecular weight excluding hydrogens is 252 g/mol. The SMILES string of the molecule is CCOc1c(SCC)cc(CC)c2nsnc12. The number of benzene rings is 1. The standard InChI is InChI=1S/C12H16N2OS2/c1-4-8-7-9(16-6-3)12(15-5-2)11-10(8)13-17-14-11/h7H,4-6H2,1-3H3. The Morgan fingerprint density at radius 1 is 1.24 bits per heavy atom. The maximum absolute atomic E-state index is 5.74. The summed E-state index contributed by atoms with van der Waals surface area (Å²) < 4.78 is 14.5. The van der Waals surface area contributed by atoms with Crippen LogP contribution in [0.5, 0.6) is 5.75 Å². The van der Waals surface area contributed by atoms with Crippen molar-refractivity contribution in [2.24, 2.45) is 0 Å². The van der Waals surface area contributed by atoms with E-state index in [0.717, 1.165) is 29.0 Å². The van der Waals surface area contributed by atoms with E-state index in [0.29, 0.717) is 6.61 Å². The van der Waals surface area contributed by atoms with Gasteiger partial charge < -0.3 is 4.74 Å². The second-order valence-electron chi connectivity index (χ2n) is 3.54. The van der Waals surface area contributed by atoms with E-state index < -0.39 is 0 Å². The van der Waals surface area contributed by atoms with Crippen LogP contribution in [0.4, 0.5) is 0 Å². The molecule has 1 aromatic carbocycles. The molecule has 0 amide bonds. The molecule has 0 unspecified atom stereocenters. The second kappa shape index (κ2) is 5.69. The van der Waals surface area contributed by atoms with Crippen LogP contribution < -0.4 is 4.74 Å². The fourth-order valence-corrected chi connectivity index (χ4v) is 3.17. The summed E-state index contributed by atoms with van der Waals surface area (Å²) in [5.74, 6) is 1.94. The quantitative estimate of drug-likeness (QED) is 0.773. The van der Waals surface area contributed by atoms with E-state index in [-0.39, 0.29) is 0 Å². The molecule has 2 rings (SSSR count). The van der Waals surface area contributed by atoms with E-state index in [1.807, 2.05) is 6.92 Å². The molecule has 0 bridgehead atoms. The van der Waals surface area contributed by atoms with Gasteiger partial charge in [-0.2, -0.15) is 8.75 Å². The Kier molecular flexibility index (Phi) is 4.23. The number of fused-ring (bicyclic) bond motifs is 1. The van der Waals surface area contributed by atoms with Crippen LogP contribution in [0.25, 0.3) is 11.0 Å². The van der Waals surface area contributed by atoms with Crippen molar-refractivity contribution in [2.45, 2.75) is 32.1 Å². The zero-order chi connectivity index (χ0) is 12.3. The Bertz CT molecular complexity index is 510. The van der Waals surface area contributed by atoms with Gasteiger partial charge in [-0.05, 0) is 30.7 Å². The van der Waals surface area contributed by atoms with E-state index in [9.17, 15) is 0 Å². The fourth-order valence-electron chi connectivity index (χ4n) is 1.77. The Labute approximate surface area is 110 Å². The molecule has 0 saturated carbocycles. The highest BCUT2D eigenvalue weighted by molar-refractivity contribution is 7.99. The van der Waals surface area contributed by atoms with Crippen molar-refractivity contribution in [1.29, 1.82) is 0 Å². The summed E-state index contributed by atoms with van der Waals surface area (Å²) in [6.07, 6.45) is 0.978. The first-order chi connectivity index (χ1) is 8.31. The zero-order valence-corrected chi connectivity index (χ0v) is 12.0. The number of nitrogens with zero attached hydrogens (tertiary/aromatic N) is 2. The molecule has 1 aromatic heterocycles. The predicted octanol–water partition coefficient (Wildman–Crippen LogP) is 3.76. The van der Waals surface area contributed by atoms with Crippen LogP contribution in [0.15, 0.2) is 11.0 Å². The number of aromatic nitrogens is 2. The highest BCUT2D eigenvalue weighted by Gasteiger charge is 2.15. The average molecular weight is 268 g/mol. The van der Waals surface area contributed by atoms with Crippen LogP contribution in [0.3, 0.4) is 0 Å². The van der Waals surface area contributed by atoms with Gasteiger partial charge in [-0.15, -0.1) is 11.8 Å². The molecule has 0 aliphatic heterocycles. The minimum absolute atomic E-state index is 0.662. The molecule has 0 aliphatic rings. The smallest absolute Gasteiger partial charge is 0.161 e. The highest BCUT2D eigenvalue weighted by atomic mass is 32.2. The third-order valence-electron chi connectivity index (χ3n) is 2.51. The molecule has 0 fully saturated rings. The summed E-state index contributed by atoms with van der Waals surface area (Å²) in [7, 11) is 0. The van der Waals surface area contributed by atoms with Crippen LogP contribution in [0.2, 0.25) is 0 Å². The van der Waals surface area contributed by atoms with Gasteiger partial charge in [0.05, 0.1) is 23.2 Å². The molecule has 3 nitrogen and oxygen atoms in total. The Morgan fingerprint density at radius 2 is 2.00 bits per heavy atom. The minimum Gasteiger partial charge on any atom is -0.490 e. The number of hydrogen-bond acceptors (Lipinski definition) is 5. The van der Waals surface area contributed by atoms with Crippen molar-refractivity contribution in [1.82, 2.24) is 8.75 Å². The molecule has 5 heteroatoms. The van der Waals surface area contributed by atoms with E-state index in [4.69, 9.17) is 4.74 Å². The van der Waals surface area contributed by atoms with Crippen LogP contribution in [-0.4, -0.2) is 21.1 Å². The molecule has 0 aliphatic carbocycles. The third kappa shape index (κ3) is 2.40. The molecule has 0 N–H and O–H groups in total. The summed E-state index contributed by atoms with van der Waals surface area (Å²) in [6, 6.07) is 2.20. The maximum Gasteiger partial charge on any atom is 0.161 e. The van der Waals surface area contributed by atoms with Gasteiger partial charge >= 0.3 is 0 Å². The van der Waals surface area contributed by atoms with Gasteiger partial charge in [-0.25, -0.2) is 0 Å². The van der Waals surface area contributed by atoms with Crippen molar-refractivity contribution in [2.75, 3.05) is 12.4 Å². The Balaban J connectivity index is 2.63. The molecule has 0 radical (unpaired) electrons. The van der Waals surface area contributed by atoms with Crippen LogP contribution >= 0.6 is 23.5 Å². The van der Waals surface area contributed by atoms with Gasteiger partial charge in [-0.3, -0.25) is 0 Å². The van der Waals surface area contributed by atoms with E-state index in [1.165, 1.54) is 22.2 Å². The first-order valence-corrected chi connectivity index (χ1v) is 7.57. The minimum atomic E-state index is 0.662. The second-order valence-corrected chi connectivity index (χ2v) is 5.38. The number of aryl methyl sites for hydroxylation is 1. The lowest BCUT2D eigenvalue weighted by Crippen LogP contribution is -1.97. The van der Waals surface area contributed by atoms with Crippen molar-refractivity contribution < 1.29 is 4.74 Å². The molecular formula is C12H16N2OS2. The number of thioether (sulfide) groups is 1. The van der Waals surface area contributed by atoms with Gasteiger partial charge in [0.15, 0.2) is 5.75 Å². The molecule has 17 heavy (non-hydrogen) atoms. The lowest BCUT2D eigenvalue weighted by Gasteiger charge is -2.11.